The molecule has 18 heavy (non-hydrogen) atoms. The number of hydrogen-bond donors (Lipinski definition) is 1. The Morgan fingerprint density at radius 3 is 1.78 bits per heavy atom. The molecular weight excluding hydrogens is 232 g/mol. The molecule has 0 aliphatic heterocycles. The smallest absolute Gasteiger partial charge is 0.336 e. The lowest BCUT2D eigenvalue weighted by Gasteiger charge is -2.37. The molecule has 0 aromatic rings. The molecule has 0 bridgehead atoms. The lowest BCUT2D eigenvalue weighted by atomic mass is 9.79. The molecule has 0 spiro atoms. The van der Waals surface area contributed by atoms with E-state index in [1.807, 2.05) is 55.4 Å². The maximum Gasteiger partial charge on any atom is 0.336 e. The van der Waals surface area contributed by atoms with Crippen molar-refractivity contribution in [1.29, 1.82) is 0 Å². The first-order valence-electron chi connectivity index (χ1n) is 6.33. The lowest BCUT2D eigenvalue weighted by molar-refractivity contribution is -0.392. The van der Waals surface area contributed by atoms with Gasteiger partial charge in [0.05, 0.1) is 0 Å². The predicted octanol–water partition coefficient (Wildman–Crippen LogP) is 3.65. The van der Waals surface area contributed by atoms with Gasteiger partial charge in [0.25, 0.3) is 0 Å². The summed E-state index contributed by atoms with van der Waals surface area (Å²) in [6.45, 7) is 15.8. The number of carboxylic acids is 1. The number of hydrogen-bond acceptors (Lipinski definition) is 3. The van der Waals surface area contributed by atoms with E-state index in [1.165, 1.54) is 0 Å². The summed E-state index contributed by atoms with van der Waals surface area (Å²) in [6, 6.07) is 0. The Morgan fingerprint density at radius 2 is 1.50 bits per heavy atom. The van der Waals surface area contributed by atoms with Crippen LogP contribution in [0.25, 0.3) is 0 Å². The second-order valence-electron chi connectivity index (χ2n) is 7.53. The Labute approximate surface area is 111 Å². The van der Waals surface area contributed by atoms with E-state index in [4.69, 9.17) is 14.9 Å². The number of carbonyl (C=O) groups is 1. The van der Waals surface area contributed by atoms with Gasteiger partial charge in [0.15, 0.2) is 6.10 Å². The molecular formula is C14H28O4. The van der Waals surface area contributed by atoms with Crippen molar-refractivity contribution < 1.29 is 19.7 Å². The molecule has 4 heteroatoms. The molecule has 0 saturated heterocycles. The Morgan fingerprint density at radius 1 is 1.06 bits per heavy atom. The third kappa shape index (κ3) is 5.83. The molecule has 0 saturated carbocycles. The van der Waals surface area contributed by atoms with Gasteiger partial charge < -0.3 is 5.11 Å². The van der Waals surface area contributed by atoms with Crippen LogP contribution in [0.3, 0.4) is 0 Å². The SMILES string of the molecule is CC(C)(C)CC(OOC(C)(C)C(C)(C)C)C(=O)O. The van der Waals surface area contributed by atoms with Crippen molar-refractivity contribution in [1.82, 2.24) is 0 Å². The van der Waals surface area contributed by atoms with Crippen LogP contribution >= 0.6 is 0 Å². The summed E-state index contributed by atoms with van der Waals surface area (Å²) in [5.41, 5.74) is -0.825. The summed E-state index contributed by atoms with van der Waals surface area (Å²) in [5, 5.41) is 9.13. The predicted molar refractivity (Wildman–Crippen MR) is 71.2 cm³/mol. The van der Waals surface area contributed by atoms with E-state index in [9.17, 15) is 4.79 Å². The summed E-state index contributed by atoms with van der Waals surface area (Å²) in [4.78, 5) is 21.7. The summed E-state index contributed by atoms with van der Waals surface area (Å²) in [5.74, 6) is -0.991. The molecule has 0 radical (unpaired) electrons. The zero-order valence-corrected chi connectivity index (χ0v) is 13.0. The van der Waals surface area contributed by atoms with Crippen molar-refractivity contribution >= 4 is 5.97 Å². The first-order valence-corrected chi connectivity index (χ1v) is 6.33. The molecule has 0 amide bonds. The molecule has 0 aliphatic rings. The highest BCUT2D eigenvalue weighted by molar-refractivity contribution is 5.72. The second kappa shape index (κ2) is 5.57. The van der Waals surface area contributed by atoms with E-state index in [0.717, 1.165) is 0 Å². The maximum absolute atomic E-state index is 11.1. The Hall–Kier alpha value is -0.610. The number of carboxylic acid groups (broad SMARTS) is 1. The van der Waals surface area contributed by atoms with Crippen molar-refractivity contribution in [3.8, 4) is 0 Å². The van der Waals surface area contributed by atoms with Gasteiger partial charge in [-0.15, -0.1) is 0 Å². The minimum Gasteiger partial charge on any atom is -0.479 e. The molecule has 1 atom stereocenters. The fourth-order valence-electron chi connectivity index (χ4n) is 1.02. The van der Waals surface area contributed by atoms with Gasteiger partial charge in [0, 0.05) is 0 Å². The van der Waals surface area contributed by atoms with Gasteiger partial charge >= 0.3 is 5.97 Å². The average Bonchev–Trinajstić information content (AvgIpc) is 2.08. The van der Waals surface area contributed by atoms with Crippen LogP contribution in [0, 0.1) is 10.8 Å². The summed E-state index contributed by atoms with van der Waals surface area (Å²) in [7, 11) is 0. The highest BCUT2D eigenvalue weighted by Gasteiger charge is 2.37. The van der Waals surface area contributed by atoms with Crippen LogP contribution in [0.15, 0.2) is 0 Å². The Bertz CT molecular complexity index is 281. The fraction of sp³-hybridized carbons (Fsp3) is 0.929. The minimum atomic E-state index is -0.991. The van der Waals surface area contributed by atoms with Gasteiger partial charge in [-0.05, 0) is 31.1 Å². The largest absolute Gasteiger partial charge is 0.479 e. The molecule has 0 aromatic carbocycles. The summed E-state index contributed by atoms with van der Waals surface area (Å²) < 4.78 is 0. The van der Waals surface area contributed by atoms with Crippen molar-refractivity contribution in [2.75, 3.05) is 0 Å². The zero-order chi connectivity index (χ0) is 14.8. The number of rotatable bonds is 5. The van der Waals surface area contributed by atoms with E-state index >= 15 is 0 Å². The van der Waals surface area contributed by atoms with Gasteiger partial charge in [-0.3, -0.25) is 0 Å². The van der Waals surface area contributed by atoms with E-state index in [0.29, 0.717) is 6.42 Å². The standard InChI is InChI=1S/C14H28O4/c1-12(2,3)9-10(11(15)16)17-18-14(7,8)13(4,5)6/h10H,9H2,1-8H3,(H,15,16). The molecule has 0 aromatic heterocycles. The van der Waals surface area contributed by atoms with Gasteiger partial charge in [0.1, 0.15) is 5.60 Å². The minimum absolute atomic E-state index is 0.127. The van der Waals surface area contributed by atoms with Gasteiger partial charge in [-0.1, -0.05) is 41.5 Å². The molecule has 0 aliphatic carbocycles. The zero-order valence-electron chi connectivity index (χ0n) is 13.0. The van der Waals surface area contributed by atoms with E-state index in [-0.39, 0.29) is 10.8 Å². The normalized spacial score (nSPS) is 15.6. The fourth-order valence-corrected chi connectivity index (χ4v) is 1.02. The van der Waals surface area contributed by atoms with Crippen molar-refractivity contribution in [2.24, 2.45) is 10.8 Å². The molecule has 0 heterocycles. The second-order valence-corrected chi connectivity index (χ2v) is 7.53. The molecule has 1 unspecified atom stereocenters. The molecule has 108 valence electrons. The van der Waals surface area contributed by atoms with Gasteiger partial charge in [-0.2, -0.15) is 0 Å². The Balaban J connectivity index is 4.60. The van der Waals surface area contributed by atoms with Crippen LogP contribution in [0.1, 0.15) is 61.8 Å². The van der Waals surface area contributed by atoms with E-state index in [2.05, 4.69) is 0 Å². The van der Waals surface area contributed by atoms with Gasteiger partial charge in [-0.25, -0.2) is 14.6 Å². The highest BCUT2D eigenvalue weighted by atomic mass is 17.2. The van der Waals surface area contributed by atoms with Crippen LogP contribution < -0.4 is 0 Å². The van der Waals surface area contributed by atoms with Crippen LogP contribution in [0.4, 0.5) is 0 Å². The topological polar surface area (TPSA) is 55.8 Å². The highest BCUT2D eigenvalue weighted by Crippen LogP contribution is 2.34. The third-order valence-corrected chi connectivity index (χ3v) is 3.25. The van der Waals surface area contributed by atoms with Crippen molar-refractivity contribution in [3.05, 3.63) is 0 Å². The quantitative estimate of drug-likeness (QED) is 0.605. The molecule has 4 nitrogen and oxygen atoms in total. The summed E-state index contributed by atoms with van der Waals surface area (Å²) in [6.07, 6.45) is -0.533. The molecule has 0 fully saturated rings. The molecule has 1 N–H and O–H groups in total. The van der Waals surface area contributed by atoms with Crippen LogP contribution in [0.2, 0.25) is 0 Å². The number of aliphatic carboxylic acids is 1. The average molecular weight is 260 g/mol. The van der Waals surface area contributed by atoms with Crippen LogP contribution in [-0.2, 0) is 14.6 Å². The molecule has 0 rings (SSSR count). The van der Waals surface area contributed by atoms with Crippen molar-refractivity contribution in [2.45, 2.75) is 73.5 Å². The van der Waals surface area contributed by atoms with E-state index < -0.39 is 17.7 Å². The van der Waals surface area contributed by atoms with E-state index in [1.54, 1.807) is 0 Å². The maximum atomic E-state index is 11.1. The monoisotopic (exact) mass is 260 g/mol. The lowest BCUT2D eigenvalue weighted by Crippen LogP contribution is -2.42. The first-order chi connectivity index (χ1) is 7.76. The van der Waals surface area contributed by atoms with Gasteiger partial charge in [0.2, 0.25) is 0 Å². The third-order valence-electron chi connectivity index (χ3n) is 3.25. The Kier molecular flexibility index (Phi) is 5.39. The van der Waals surface area contributed by atoms with Crippen LogP contribution in [0.5, 0.6) is 0 Å². The first kappa shape index (κ1) is 17.4. The van der Waals surface area contributed by atoms with Crippen LogP contribution in [-0.4, -0.2) is 22.8 Å². The van der Waals surface area contributed by atoms with Crippen molar-refractivity contribution in [3.63, 3.8) is 0 Å². The summed E-state index contributed by atoms with van der Waals surface area (Å²) >= 11 is 0.